The Hall–Kier alpha value is -3.48. The largest absolute Gasteiger partial charge is 0.437 e. The van der Waals surface area contributed by atoms with Gasteiger partial charge in [0.2, 0.25) is 5.88 Å². The van der Waals surface area contributed by atoms with Crippen molar-refractivity contribution in [3.05, 3.63) is 53.9 Å². The Morgan fingerprint density at radius 3 is 2.61 bits per heavy atom. The van der Waals surface area contributed by atoms with E-state index in [1.807, 2.05) is 36.9 Å². The zero-order valence-corrected chi connectivity index (χ0v) is 18.1. The van der Waals surface area contributed by atoms with Crippen molar-refractivity contribution in [2.75, 3.05) is 23.1 Å². The van der Waals surface area contributed by atoms with Crippen molar-refractivity contribution in [1.29, 1.82) is 5.26 Å². The van der Waals surface area contributed by atoms with E-state index in [4.69, 9.17) is 15.8 Å². The molecule has 158 valence electrons. The summed E-state index contributed by atoms with van der Waals surface area (Å²) in [5, 5.41) is 16.2. The molecular formula is C22H23N7OS. The first-order valence-corrected chi connectivity index (χ1v) is 10.8. The van der Waals surface area contributed by atoms with Crippen LogP contribution in [0.15, 0.2) is 47.5 Å². The number of nitrogens with two attached hydrogens (primary N) is 1. The van der Waals surface area contributed by atoms with Crippen LogP contribution in [0.25, 0.3) is 0 Å². The van der Waals surface area contributed by atoms with E-state index in [0.717, 1.165) is 16.5 Å². The van der Waals surface area contributed by atoms with Crippen LogP contribution in [-0.4, -0.2) is 22.3 Å². The third kappa shape index (κ3) is 4.99. The monoisotopic (exact) mass is 433 g/mol. The zero-order valence-electron chi connectivity index (χ0n) is 17.3. The Morgan fingerprint density at radius 2 is 2.00 bits per heavy atom. The van der Waals surface area contributed by atoms with Crippen LogP contribution in [0.1, 0.15) is 24.1 Å². The standard InChI is InChI=1S/C22H23N7OS/c1-13-9-15(11-23)26-12-19(13)30-20-10-18(21(29-24)22(25-2)28-20)27-14-3-5-16(6-4-14)31-17-7-8-17/h3-6,9-10,12,17,29H,7-8,24H2,1-2H3,(H2,25,27,28). The van der Waals surface area contributed by atoms with Gasteiger partial charge in [0, 0.05) is 28.9 Å². The van der Waals surface area contributed by atoms with Gasteiger partial charge in [0.1, 0.15) is 17.5 Å². The van der Waals surface area contributed by atoms with Crippen LogP contribution < -0.4 is 26.6 Å². The van der Waals surface area contributed by atoms with Crippen molar-refractivity contribution in [2.24, 2.45) is 5.84 Å². The van der Waals surface area contributed by atoms with Gasteiger partial charge in [-0.3, -0.25) is 5.84 Å². The highest BCUT2D eigenvalue weighted by atomic mass is 32.2. The summed E-state index contributed by atoms with van der Waals surface area (Å²) in [5.41, 5.74) is 6.07. The zero-order chi connectivity index (χ0) is 21.8. The molecular weight excluding hydrogens is 410 g/mol. The minimum absolute atomic E-state index is 0.335. The maximum absolute atomic E-state index is 9.01. The van der Waals surface area contributed by atoms with Crippen LogP contribution in [0.2, 0.25) is 0 Å². The van der Waals surface area contributed by atoms with Crippen molar-refractivity contribution in [3.8, 4) is 17.7 Å². The first kappa shape index (κ1) is 20.8. The number of thioether (sulfide) groups is 1. The lowest BCUT2D eigenvalue weighted by Crippen LogP contribution is -2.13. The molecule has 4 rings (SSSR count). The molecule has 0 atom stereocenters. The molecule has 0 spiro atoms. The summed E-state index contributed by atoms with van der Waals surface area (Å²) in [7, 11) is 1.76. The topological polar surface area (TPSA) is 121 Å². The van der Waals surface area contributed by atoms with Crippen LogP contribution in [0, 0.1) is 18.3 Å². The lowest BCUT2D eigenvalue weighted by molar-refractivity contribution is 0.458. The van der Waals surface area contributed by atoms with Crippen LogP contribution >= 0.6 is 11.8 Å². The van der Waals surface area contributed by atoms with Crippen LogP contribution in [0.4, 0.5) is 22.9 Å². The number of anilines is 4. The lowest BCUT2D eigenvalue weighted by Gasteiger charge is -2.17. The van der Waals surface area contributed by atoms with E-state index in [-0.39, 0.29) is 0 Å². The van der Waals surface area contributed by atoms with E-state index < -0.39 is 0 Å². The minimum Gasteiger partial charge on any atom is -0.437 e. The Kier molecular flexibility index (Phi) is 6.11. The van der Waals surface area contributed by atoms with Crippen molar-refractivity contribution in [1.82, 2.24) is 9.97 Å². The fourth-order valence-electron chi connectivity index (χ4n) is 2.97. The van der Waals surface area contributed by atoms with E-state index in [9.17, 15) is 0 Å². The molecule has 1 aromatic carbocycles. The van der Waals surface area contributed by atoms with Gasteiger partial charge in [-0.15, -0.1) is 11.8 Å². The number of nitrogens with zero attached hydrogens (tertiary/aromatic N) is 3. The van der Waals surface area contributed by atoms with Gasteiger partial charge in [-0.1, -0.05) is 0 Å². The molecule has 5 N–H and O–H groups in total. The Labute approximate surface area is 185 Å². The second-order valence-electron chi connectivity index (χ2n) is 7.14. The molecule has 1 aliphatic rings. The molecule has 0 amide bonds. The van der Waals surface area contributed by atoms with Crippen LogP contribution in [-0.2, 0) is 0 Å². The van der Waals surface area contributed by atoms with Crippen molar-refractivity contribution in [2.45, 2.75) is 29.9 Å². The maximum atomic E-state index is 9.01. The molecule has 2 heterocycles. The van der Waals surface area contributed by atoms with Gasteiger partial charge in [0.25, 0.3) is 0 Å². The van der Waals surface area contributed by atoms with Gasteiger partial charge in [-0.25, -0.2) is 4.98 Å². The first-order chi connectivity index (χ1) is 15.1. The highest BCUT2D eigenvalue weighted by Gasteiger charge is 2.22. The molecule has 1 saturated carbocycles. The molecule has 2 aromatic heterocycles. The number of hydrogen-bond acceptors (Lipinski definition) is 9. The normalized spacial score (nSPS) is 12.7. The molecule has 0 unspecified atom stereocenters. The Balaban J connectivity index is 1.61. The highest BCUT2D eigenvalue weighted by Crippen LogP contribution is 2.40. The van der Waals surface area contributed by atoms with E-state index in [2.05, 4.69) is 38.2 Å². The fraction of sp³-hybridized carbons (Fsp3) is 0.227. The highest BCUT2D eigenvalue weighted by molar-refractivity contribution is 8.00. The smallest absolute Gasteiger partial charge is 0.223 e. The third-order valence-corrected chi connectivity index (χ3v) is 6.08. The van der Waals surface area contributed by atoms with Crippen LogP contribution in [0.3, 0.4) is 0 Å². The number of benzene rings is 1. The molecule has 0 aliphatic heterocycles. The Morgan fingerprint density at radius 1 is 1.23 bits per heavy atom. The van der Waals surface area contributed by atoms with E-state index in [0.29, 0.717) is 34.5 Å². The number of rotatable bonds is 8. The number of hydrogen-bond donors (Lipinski definition) is 4. The summed E-state index contributed by atoms with van der Waals surface area (Å²) in [6.07, 6.45) is 4.13. The molecule has 0 radical (unpaired) electrons. The SMILES string of the molecule is CNc1nc(Oc2cnc(C#N)cc2C)cc(Nc2ccc(SC3CC3)cc2)c1NN. The summed E-state index contributed by atoms with van der Waals surface area (Å²) in [5.74, 6) is 7.19. The number of hydrazine groups is 1. The summed E-state index contributed by atoms with van der Waals surface area (Å²) in [4.78, 5) is 9.83. The minimum atomic E-state index is 0.335. The second-order valence-corrected chi connectivity index (χ2v) is 8.52. The quantitative estimate of drug-likeness (QED) is 0.294. The second kappa shape index (κ2) is 9.12. The number of ether oxygens (including phenoxy) is 1. The lowest BCUT2D eigenvalue weighted by atomic mass is 10.2. The summed E-state index contributed by atoms with van der Waals surface area (Å²) in [6.45, 7) is 1.85. The number of aryl methyl sites for hydroxylation is 1. The van der Waals surface area contributed by atoms with Gasteiger partial charge in [-0.05, 0) is 55.7 Å². The van der Waals surface area contributed by atoms with Crippen molar-refractivity contribution >= 4 is 34.6 Å². The number of nitrogens with one attached hydrogen (secondary N) is 3. The van der Waals surface area contributed by atoms with Crippen molar-refractivity contribution < 1.29 is 4.74 Å². The van der Waals surface area contributed by atoms with E-state index in [1.54, 1.807) is 19.2 Å². The molecule has 3 aromatic rings. The van der Waals surface area contributed by atoms with Gasteiger partial charge < -0.3 is 20.8 Å². The molecule has 31 heavy (non-hydrogen) atoms. The molecule has 0 bridgehead atoms. The summed E-state index contributed by atoms with van der Waals surface area (Å²) in [6, 6.07) is 13.8. The average Bonchev–Trinajstić information content (AvgIpc) is 3.60. The summed E-state index contributed by atoms with van der Waals surface area (Å²) >= 11 is 1.92. The molecule has 8 nitrogen and oxygen atoms in total. The average molecular weight is 434 g/mol. The molecule has 1 fully saturated rings. The number of nitrogen functional groups attached to an aromatic ring is 1. The van der Waals surface area contributed by atoms with Gasteiger partial charge in [0.05, 0.1) is 11.9 Å². The van der Waals surface area contributed by atoms with Gasteiger partial charge in [0.15, 0.2) is 11.6 Å². The molecule has 0 saturated heterocycles. The van der Waals surface area contributed by atoms with Crippen LogP contribution in [0.5, 0.6) is 11.6 Å². The fourth-order valence-corrected chi connectivity index (χ4v) is 4.02. The maximum Gasteiger partial charge on any atom is 0.223 e. The molecule has 9 heteroatoms. The number of nitriles is 1. The van der Waals surface area contributed by atoms with Gasteiger partial charge in [-0.2, -0.15) is 10.2 Å². The number of aromatic nitrogens is 2. The first-order valence-electron chi connectivity index (χ1n) is 9.87. The predicted octanol–water partition coefficient (Wildman–Crippen LogP) is 4.77. The van der Waals surface area contributed by atoms with Crippen molar-refractivity contribution in [3.63, 3.8) is 0 Å². The Bertz CT molecular complexity index is 1120. The third-order valence-electron chi connectivity index (χ3n) is 4.73. The molecule has 1 aliphatic carbocycles. The number of pyridine rings is 2. The van der Waals surface area contributed by atoms with Gasteiger partial charge >= 0.3 is 0 Å². The predicted molar refractivity (Wildman–Crippen MR) is 124 cm³/mol. The van der Waals surface area contributed by atoms with E-state index in [1.165, 1.54) is 23.9 Å². The summed E-state index contributed by atoms with van der Waals surface area (Å²) < 4.78 is 5.96. The van der Waals surface area contributed by atoms with E-state index >= 15 is 0 Å².